The van der Waals surface area contributed by atoms with E-state index in [1.165, 1.54) is 19.3 Å². The molecule has 1 heterocycles. The van der Waals surface area contributed by atoms with Gasteiger partial charge in [0.1, 0.15) is 0 Å². The predicted octanol–water partition coefficient (Wildman–Crippen LogP) is 3.45. The Labute approximate surface area is 162 Å². The molecule has 1 aliphatic heterocycles. The van der Waals surface area contributed by atoms with Crippen molar-refractivity contribution in [2.75, 3.05) is 25.5 Å². The molecule has 2 N–H and O–H groups in total. The van der Waals surface area contributed by atoms with Crippen molar-refractivity contribution in [2.45, 2.75) is 51.0 Å². The first-order valence-electron chi connectivity index (χ1n) is 9.54. The summed E-state index contributed by atoms with van der Waals surface area (Å²) >= 11 is 0. The van der Waals surface area contributed by atoms with Gasteiger partial charge in [0.2, 0.25) is 5.91 Å². The normalized spacial score (nSPS) is 18.7. The van der Waals surface area contributed by atoms with Crippen molar-refractivity contribution >= 4 is 29.9 Å². The van der Waals surface area contributed by atoms with Gasteiger partial charge in [-0.3, -0.25) is 9.59 Å². The van der Waals surface area contributed by atoms with Gasteiger partial charge in [-0.25, -0.2) is 0 Å². The maximum Gasteiger partial charge on any atom is 0.255 e. The van der Waals surface area contributed by atoms with Crippen molar-refractivity contribution < 1.29 is 9.59 Å². The zero-order chi connectivity index (χ0) is 17.6. The Kier molecular flexibility index (Phi) is 7.91. The van der Waals surface area contributed by atoms with Crippen molar-refractivity contribution in [3.05, 3.63) is 29.8 Å². The summed E-state index contributed by atoms with van der Waals surface area (Å²) in [4.78, 5) is 27.4. The number of hydrogen-bond donors (Lipinski definition) is 2. The van der Waals surface area contributed by atoms with E-state index >= 15 is 0 Å². The zero-order valence-electron chi connectivity index (χ0n) is 15.5. The Hall–Kier alpha value is -1.59. The fourth-order valence-corrected chi connectivity index (χ4v) is 3.92. The Balaban J connectivity index is 0.00000243. The smallest absolute Gasteiger partial charge is 0.255 e. The van der Waals surface area contributed by atoms with E-state index in [1.54, 1.807) is 0 Å². The van der Waals surface area contributed by atoms with Gasteiger partial charge in [0.15, 0.2) is 0 Å². The molecule has 1 aromatic carbocycles. The maximum absolute atomic E-state index is 13.0. The highest BCUT2D eigenvalue weighted by molar-refractivity contribution is 6.04. The molecule has 1 aromatic rings. The summed E-state index contributed by atoms with van der Waals surface area (Å²) in [6.07, 6.45) is 7.50. The van der Waals surface area contributed by atoms with Gasteiger partial charge in [-0.2, -0.15) is 0 Å². The van der Waals surface area contributed by atoms with Crippen LogP contribution in [0.5, 0.6) is 0 Å². The quantitative estimate of drug-likeness (QED) is 0.842. The number of rotatable bonds is 4. The Bertz CT molecular complexity index is 611. The van der Waals surface area contributed by atoms with Crippen molar-refractivity contribution in [3.8, 4) is 0 Å². The summed E-state index contributed by atoms with van der Waals surface area (Å²) in [6.45, 7) is 1.76. The largest absolute Gasteiger partial charge is 0.339 e. The zero-order valence-corrected chi connectivity index (χ0v) is 16.3. The fraction of sp³-hybridized carbons (Fsp3) is 0.600. The molecule has 26 heavy (non-hydrogen) atoms. The topological polar surface area (TPSA) is 61.4 Å². The van der Waals surface area contributed by atoms with E-state index in [-0.39, 0.29) is 30.1 Å². The van der Waals surface area contributed by atoms with Gasteiger partial charge in [0, 0.05) is 19.0 Å². The average Bonchev–Trinajstić information content (AvgIpc) is 2.68. The van der Waals surface area contributed by atoms with Crippen molar-refractivity contribution in [1.29, 1.82) is 0 Å². The molecule has 0 aromatic heterocycles. The Morgan fingerprint density at radius 2 is 1.69 bits per heavy atom. The van der Waals surface area contributed by atoms with Gasteiger partial charge in [0.25, 0.3) is 5.91 Å². The van der Waals surface area contributed by atoms with Gasteiger partial charge >= 0.3 is 0 Å². The second kappa shape index (κ2) is 9.93. The number of hydrogen-bond acceptors (Lipinski definition) is 3. The van der Waals surface area contributed by atoms with E-state index in [9.17, 15) is 9.59 Å². The number of anilines is 1. The van der Waals surface area contributed by atoms with Gasteiger partial charge in [0.05, 0.1) is 11.3 Å². The molecule has 0 bridgehead atoms. The first-order valence-corrected chi connectivity index (χ1v) is 9.54. The van der Waals surface area contributed by atoms with E-state index < -0.39 is 0 Å². The highest BCUT2D eigenvalue weighted by atomic mass is 35.5. The average molecular weight is 380 g/mol. The molecule has 0 radical (unpaired) electrons. The number of benzene rings is 1. The number of halogens is 1. The number of piperidine rings is 1. The number of carbonyl (C=O) groups excluding carboxylic acids is 2. The maximum atomic E-state index is 13.0. The highest BCUT2D eigenvalue weighted by Gasteiger charge is 2.26. The second-order valence-electron chi connectivity index (χ2n) is 7.27. The molecular formula is C20H30ClN3O2. The van der Waals surface area contributed by atoms with Crippen LogP contribution < -0.4 is 10.6 Å². The monoisotopic (exact) mass is 379 g/mol. The molecule has 6 heteroatoms. The lowest BCUT2D eigenvalue weighted by molar-refractivity contribution is -0.120. The summed E-state index contributed by atoms with van der Waals surface area (Å²) in [5.74, 6) is 0.0654. The summed E-state index contributed by atoms with van der Waals surface area (Å²) in [5, 5.41) is 6.28. The molecule has 1 saturated heterocycles. The summed E-state index contributed by atoms with van der Waals surface area (Å²) < 4.78 is 0. The fourth-order valence-electron chi connectivity index (χ4n) is 3.92. The minimum Gasteiger partial charge on any atom is -0.339 e. The third-order valence-corrected chi connectivity index (χ3v) is 5.57. The van der Waals surface area contributed by atoms with Crippen molar-refractivity contribution in [3.63, 3.8) is 0 Å². The predicted molar refractivity (Wildman–Crippen MR) is 107 cm³/mol. The van der Waals surface area contributed by atoms with Crippen LogP contribution in [0.4, 0.5) is 5.69 Å². The SMILES string of the molecule is CN(C(=O)c1ccccc1NC(=O)C1CCNCC1)C1CCCCC1.Cl. The van der Waals surface area contributed by atoms with Crippen LogP contribution in [0.3, 0.4) is 0 Å². The van der Waals surface area contributed by atoms with Gasteiger partial charge < -0.3 is 15.5 Å². The molecule has 2 amide bonds. The minimum atomic E-state index is 0. The molecule has 144 valence electrons. The van der Waals surface area contributed by atoms with E-state index in [0.717, 1.165) is 38.8 Å². The van der Waals surface area contributed by atoms with Crippen LogP contribution in [0.25, 0.3) is 0 Å². The third-order valence-electron chi connectivity index (χ3n) is 5.57. The highest BCUT2D eigenvalue weighted by Crippen LogP contribution is 2.25. The van der Waals surface area contributed by atoms with E-state index in [4.69, 9.17) is 0 Å². The van der Waals surface area contributed by atoms with E-state index in [1.807, 2.05) is 36.2 Å². The first-order chi connectivity index (χ1) is 12.2. The van der Waals surface area contributed by atoms with Crippen LogP contribution in [0.1, 0.15) is 55.3 Å². The molecule has 0 unspecified atom stereocenters. The molecule has 2 aliphatic rings. The first kappa shape index (κ1) is 20.7. The Morgan fingerprint density at radius 1 is 1.04 bits per heavy atom. The molecule has 1 aliphatic carbocycles. The lowest BCUT2D eigenvalue weighted by Gasteiger charge is -2.31. The van der Waals surface area contributed by atoms with E-state index in [0.29, 0.717) is 17.3 Å². The molecule has 1 saturated carbocycles. The van der Waals surface area contributed by atoms with E-state index in [2.05, 4.69) is 10.6 Å². The van der Waals surface area contributed by atoms with Crippen molar-refractivity contribution in [1.82, 2.24) is 10.2 Å². The van der Waals surface area contributed by atoms with Crippen molar-refractivity contribution in [2.24, 2.45) is 5.92 Å². The van der Waals surface area contributed by atoms with Gasteiger partial charge in [-0.05, 0) is 50.9 Å². The van der Waals surface area contributed by atoms with Crippen LogP contribution in [0, 0.1) is 5.92 Å². The minimum absolute atomic E-state index is 0. The second-order valence-corrected chi connectivity index (χ2v) is 7.27. The molecule has 0 spiro atoms. The number of para-hydroxylation sites is 1. The molecule has 3 rings (SSSR count). The van der Waals surface area contributed by atoms with Gasteiger partial charge in [-0.15, -0.1) is 12.4 Å². The molecule has 2 fully saturated rings. The number of nitrogens with one attached hydrogen (secondary N) is 2. The van der Waals surface area contributed by atoms with Crippen LogP contribution in [0.2, 0.25) is 0 Å². The molecular weight excluding hydrogens is 350 g/mol. The third kappa shape index (κ3) is 4.98. The summed E-state index contributed by atoms with van der Waals surface area (Å²) in [7, 11) is 1.89. The Morgan fingerprint density at radius 3 is 2.38 bits per heavy atom. The van der Waals surface area contributed by atoms with Crippen LogP contribution in [-0.2, 0) is 4.79 Å². The van der Waals surface area contributed by atoms with Crippen LogP contribution in [-0.4, -0.2) is 42.9 Å². The molecule has 5 nitrogen and oxygen atoms in total. The summed E-state index contributed by atoms with van der Waals surface area (Å²) in [6, 6.07) is 7.70. The van der Waals surface area contributed by atoms with Crippen LogP contribution >= 0.6 is 12.4 Å². The van der Waals surface area contributed by atoms with Crippen LogP contribution in [0.15, 0.2) is 24.3 Å². The molecule has 0 atom stereocenters. The lowest BCUT2D eigenvalue weighted by atomic mass is 9.94. The lowest BCUT2D eigenvalue weighted by Crippen LogP contribution is -2.39. The summed E-state index contributed by atoms with van der Waals surface area (Å²) in [5.41, 5.74) is 1.23. The number of nitrogens with zero attached hydrogens (tertiary/aromatic N) is 1. The van der Waals surface area contributed by atoms with Gasteiger partial charge in [-0.1, -0.05) is 31.4 Å². The standard InChI is InChI=1S/C20H29N3O2.ClH/c1-23(16-7-3-2-4-8-16)20(25)17-9-5-6-10-18(17)22-19(24)15-11-13-21-14-12-15;/h5-6,9-10,15-16,21H,2-4,7-8,11-14H2,1H3,(H,22,24);1H. The number of carbonyl (C=O) groups is 2. The number of amides is 2.